The van der Waals surface area contributed by atoms with Crippen molar-refractivity contribution in [2.75, 3.05) is 13.1 Å². The molecule has 0 bridgehead atoms. The molecule has 1 saturated heterocycles. The van der Waals surface area contributed by atoms with Gasteiger partial charge in [0.05, 0.1) is 0 Å². The third-order valence-corrected chi connectivity index (χ3v) is 6.29. The molecule has 3 atom stereocenters. The monoisotopic (exact) mass is 347 g/mol. The van der Waals surface area contributed by atoms with Crippen molar-refractivity contribution in [3.8, 4) is 0 Å². The zero-order valence-corrected chi connectivity index (χ0v) is 14.7. The van der Waals surface area contributed by atoms with E-state index in [1.54, 1.807) is 0 Å². The van der Waals surface area contributed by atoms with Crippen molar-refractivity contribution < 1.29 is 0 Å². The van der Waals surface area contributed by atoms with Crippen LogP contribution in [0.1, 0.15) is 24.0 Å². The highest BCUT2D eigenvalue weighted by Gasteiger charge is 2.52. The molecule has 122 valence electrons. The SMILES string of the molecule is Cl.ClC1CCC(c2ccccc2)(c2ccccc2)C2CNC[C@H]12. The largest absolute Gasteiger partial charge is 0.316 e. The Morgan fingerprint density at radius 1 is 0.870 bits per heavy atom. The second kappa shape index (κ2) is 6.84. The van der Waals surface area contributed by atoms with Crippen molar-refractivity contribution in [2.45, 2.75) is 23.6 Å². The van der Waals surface area contributed by atoms with Gasteiger partial charge in [-0.2, -0.15) is 0 Å². The summed E-state index contributed by atoms with van der Waals surface area (Å²) in [5.41, 5.74) is 2.99. The van der Waals surface area contributed by atoms with Gasteiger partial charge in [-0.05, 0) is 48.9 Å². The standard InChI is InChI=1S/C20H22ClN.ClH/c21-19-11-12-20(15-7-3-1-4-8-15,16-9-5-2-6-10-16)18-14-22-13-17(18)19;/h1-10,17-19,22H,11-14H2;1H/t17-,18?,19?;/m0./s1. The summed E-state index contributed by atoms with van der Waals surface area (Å²) < 4.78 is 0. The quantitative estimate of drug-likeness (QED) is 0.780. The van der Waals surface area contributed by atoms with Gasteiger partial charge < -0.3 is 5.32 Å². The molecule has 2 aromatic rings. The molecule has 1 heterocycles. The van der Waals surface area contributed by atoms with Gasteiger partial charge in [0.15, 0.2) is 0 Å². The van der Waals surface area contributed by atoms with Crippen molar-refractivity contribution >= 4 is 24.0 Å². The summed E-state index contributed by atoms with van der Waals surface area (Å²) in [7, 11) is 0. The first kappa shape index (κ1) is 16.8. The third kappa shape index (κ3) is 2.69. The molecule has 2 unspecified atom stereocenters. The van der Waals surface area contributed by atoms with Gasteiger partial charge in [-0.1, -0.05) is 60.7 Å². The normalized spacial score (nSPS) is 28.7. The van der Waals surface area contributed by atoms with Crippen molar-refractivity contribution in [3.63, 3.8) is 0 Å². The first-order chi connectivity index (χ1) is 10.8. The van der Waals surface area contributed by atoms with Crippen LogP contribution in [0.15, 0.2) is 60.7 Å². The van der Waals surface area contributed by atoms with Crippen LogP contribution in [0.25, 0.3) is 0 Å². The van der Waals surface area contributed by atoms with Crippen molar-refractivity contribution in [3.05, 3.63) is 71.8 Å². The molecule has 0 amide bonds. The lowest BCUT2D eigenvalue weighted by Gasteiger charge is -2.48. The number of benzene rings is 2. The lowest BCUT2D eigenvalue weighted by molar-refractivity contribution is 0.193. The first-order valence-corrected chi connectivity index (χ1v) is 8.72. The molecule has 4 rings (SSSR count). The maximum atomic E-state index is 6.68. The minimum Gasteiger partial charge on any atom is -0.316 e. The van der Waals surface area contributed by atoms with Crippen LogP contribution in [-0.2, 0) is 5.41 Å². The lowest BCUT2D eigenvalue weighted by Crippen LogP contribution is -2.47. The maximum Gasteiger partial charge on any atom is 0.0380 e. The molecule has 0 aromatic heterocycles. The van der Waals surface area contributed by atoms with Crippen LogP contribution < -0.4 is 5.32 Å². The molecule has 0 spiro atoms. The van der Waals surface area contributed by atoms with Crippen LogP contribution in [0.4, 0.5) is 0 Å². The molecule has 3 heteroatoms. The maximum absolute atomic E-state index is 6.68. The van der Waals surface area contributed by atoms with E-state index in [-0.39, 0.29) is 17.8 Å². The fourth-order valence-corrected chi connectivity index (χ4v) is 5.11. The second-order valence-corrected chi connectivity index (χ2v) is 7.25. The van der Waals surface area contributed by atoms with Gasteiger partial charge in [-0.15, -0.1) is 24.0 Å². The summed E-state index contributed by atoms with van der Waals surface area (Å²) >= 11 is 6.68. The predicted octanol–water partition coefficient (Wildman–Crippen LogP) is 4.63. The molecule has 1 saturated carbocycles. The van der Waals surface area contributed by atoms with E-state index >= 15 is 0 Å². The van der Waals surface area contributed by atoms with Gasteiger partial charge in [0.25, 0.3) is 0 Å². The Bertz CT molecular complexity index is 589. The fourth-order valence-electron chi connectivity index (χ4n) is 4.74. The number of hydrogen-bond acceptors (Lipinski definition) is 1. The van der Waals surface area contributed by atoms with Gasteiger partial charge >= 0.3 is 0 Å². The minimum atomic E-state index is 0. The number of halogens is 2. The molecule has 1 aliphatic heterocycles. The topological polar surface area (TPSA) is 12.0 Å². The zero-order chi connectivity index (χ0) is 15.0. The summed E-state index contributed by atoms with van der Waals surface area (Å²) in [6.45, 7) is 2.12. The number of alkyl halides is 1. The summed E-state index contributed by atoms with van der Waals surface area (Å²) in [6, 6.07) is 22.1. The third-order valence-electron chi connectivity index (χ3n) is 5.75. The molecule has 0 radical (unpaired) electrons. The summed E-state index contributed by atoms with van der Waals surface area (Å²) in [4.78, 5) is 0. The van der Waals surface area contributed by atoms with E-state index < -0.39 is 0 Å². The summed E-state index contributed by atoms with van der Waals surface area (Å²) in [5.74, 6) is 1.14. The van der Waals surface area contributed by atoms with E-state index in [9.17, 15) is 0 Å². The minimum absolute atomic E-state index is 0. The highest BCUT2D eigenvalue weighted by atomic mass is 35.5. The van der Waals surface area contributed by atoms with Crippen LogP contribution in [0.3, 0.4) is 0 Å². The molecule has 2 aliphatic rings. The van der Waals surface area contributed by atoms with E-state index in [0.29, 0.717) is 17.2 Å². The van der Waals surface area contributed by atoms with Crippen LogP contribution in [0, 0.1) is 11.8 Å². The Balaban J connectivity index is 0.00000156. The van der Waals surface area contributed by atoms with Crippen LogP contribution >= 0.6 is 24.0 Å². The van der Waals surface area contributed by atoms with Crippen LogP contribution in [-0.4, -0.2) is 18.5 Å². The zero-order valence-electron chi connectivity index (χ0n) is 13.1. The van der Waals surface area contributed by atoms with Crippen molar-refractivity contribution in [2.24, 2.45) is 11.8 Å². The second-order valence-electron chi connectivity index (χ2n) is 6.69. The highest BCUT2D eigenvalue weighted by Crippen LogP contribution is 2.53. The van der Waals surface area contributed by atoms with E-state index in [1.807, 2.05) is 0 Å². The smallest absolute Gasteiger partial charge is 0.0380 e. The summed E-state index contributed by atoms with van der Waals surface area (Å²) in [5, 5.41) is 3.91. The van der Waals surface area contributed by atoms with Gasteiger partial charge in [0.2, 0.25) is 0 Å². The van der Waals surface area contributed by atoms with E-state index in [1.165, 1.54) is 11.1 Å². The Morgan fingerprint density at radius 3 is 2.00 bits per heavy atom. The summed E-state index contributed by atoms with van der Waals surface area (Å²) in [6.07, 6.45) is 2.23. The van der Waals surface area contributed by atoms with E-state index in [4.69, 9.17) is 11.6 Å². The Hall–Kier alpha value is -1.02. The van der Waals surface area contributed by atoms with Gasteiger partial charge in [-0.25, -0.2) is 0 Å². The molecule has 2 fully saturated rings. The fraction of sp³-hybridized carbons (Fsp3) is 0.400. The first-order valence-electron chi connectivity index (χ1n) is 8.28. The molecule has 1 aliphatic carbocycles. The van der Waals surface area contributed by atoms with E-state index in [0.717, 1.165) is 25.9 Å². The van der Waals surface area contributed by atoms with Gasteiger partial charge in [0, 0.05) is 10.8 Å². The molecular formula is C20H23Cl2N. The number of rotatable bonds is 2. The van der Waals surface area contributed by atoms with Gasteiger partial charge in [0.1, 0.15) is 0 Å². The molecule has 1 nitrogen and oxygen atoms in total. The highest BCUT2D eigenvalue weighted by molar-refractivity contribution is 6.20. The molecular weight excluding hydrogens is 325 g/mol. The average molecular weight is 348 g/mol. The predicted molar refractivity (Wildman–Crippen MR) is 99.6 cm³/mol. The number of hydrogen-bond donors (Lipinski definition) is 1. The van der Waals surface area contributed by atoms with Gasteiger partial charge in [-0.3, -0.25) is 0 Å². The number of fused-ring (bicyclic) bond motifs is 1. The average Bonchev–Trinajstić information content (AvgIpc) is 3.08. The van der Waals surface area contributed by atoms with Crippen LogP contribution in [0.5, 0.6) is 0 Å². The molecule has 23 heavy (non-hydrogen) atoms. The molecule has 2 aromatic carbocycles. The van der Waals surface area contributed by atoms with Crippen molar-refractivity contribution in [1.82, 2.24) is 5.32 Å². The number of nitrogens with one attached hydrogen (secondary N) is 1. The Labute approximate surface area is 149 Å². The Kier molecular flexibility index (Phi) is 5.01. The lowest BCUT2D eigenvalue weighted by atomic mass is 9.56. The van der Waals surface area contributed by atoms with Crippen LogP contribution in [0.2, 0.25) is 0 Å². The van der Waals surface area contributed by atoms with E-state index in [2.05, 4.69) is 66.0 Å². The van der Waals surface area contributed by atoms with Crippen molar-refractivity contribution in [1.29, 1.82) is 0 Å². The Morgan fingerprint density at radius 2 is 1.43 bits per heavy atom. The molecule has 1 N–H and O–H groups in total.